The fourth-order valence-corrected chi connectivity index (χ4v) is 3.15. The Kier molecular flexibility index (Phi) is 5.44. The summed E-state index contributed by atoms with van der Waals surface area (Å²) in [6, 6.07) is 6.48. The van der Waals surface area contributed by atoms with Crippen LogP contribution in [0.25, 0.3) is 0 Å². The maximum absolute atomic E-state index is 6.25. The number of halogens is 1. The molecular weight excluding hydrogens is 272 g/mol. The Balaban J connectivity index is 2.17. The van der Waals surface area contributed by atoms with Gasteiger partial charge in [-0.05, 0) is 43.0 Å². The van der Waals surface area contributed by atoms with Crippen LogP contribution in [0.1, 0.15) is 30.5 Å². The highest BCUT2D eigenvalue weighted by Crippen LogP contribution is 2.29. The van der Waals surface area contributed by atoms with E-state index in [4.69, 9.17) is 22.1 Å². The highest BCUT2D eigenvalue weighted by Gasteiger charge is 2.30. The number of methoxy groups -OCH3 is 1. The number of hydrogen-bond acceptors (Lipinski definition) is 3. The summed E-state index contributed by atoms with van der Waals surface area (Å²) >= 11 is 6.25. The third kappa shape index (κ3) is 3.34. The Labute approximate surface area is 127 Å². The molecule has 3 unspecified atom stereocenters. The monoisotopic (exact) mass is 296 g/mol. The van der Waals surface area contributed by atoms with Gasteiger partial charge in [0.1, 0.15) is 0 Å². The molecule has 20 heavy (non-hydrogen) atoms. The molecule has 0 aliphatic carbocycles. The van der Waals surface area contributed by atoms with E-state index in [9.17, 15) is 0 Å². The molecule has 1 aliphatic heterocycles. The molecule has 0 bridgehead atoms. The second-order valence-electron chi connectivity index (χ2n) is 5.80. The molecule has 1 heterocycles. The summed E-state index contributed by atoms with van der Waals surface area (Å²) in [5, 5.41) is 0.814. The number of benzene rings is 1. The van der Waals surface area contributed by atoms with Crippen LogP contribution in [0.2, 0.25) is 5.02 Å². The van der Waals surface area contributed by atoms with Crippen molar-refractivity contribution in [1.82, 2.24) is 4.90 Å². The van der Waals surface area contributed by atoms with Crippen LogP contribution in [0, 0.1) is 12.8 Å². The van der Waals surface area contributed by atoms with Crippen molar-refractivity contribution in [3.05, 3.63) is 34.3 Å². The van der Waals surface area contributed by atoms with Crippen molar-refractivity contribution >= 4 is 11.6 Å². The molecule has 0 spiro atoms. The van der Waals surface area contributed by atoms with Crippen LogP contribution >= 0.6 is 11.6 Å². The van der Waals surface area contributed by atoms with Crippen LogP contribution in [0.3, 0.4) is 0 Å². The van der Waals surface area contributed by atoms with Crippen molar-refractivity contribution in [3.8, 4) is 0 Å². The molecule has 2 rings (SSSR count). The summed E-state index contributed by atoms with van der Waals surface area (Å²) in [5.41, 5.74) is 8.33. The number of piperidine rings is 1. The Hall–Kier alpha value is -0.610. The lowest BCUT2D eigenvalue weighted by molar-refractivity contribution is -0.0183. The van der Waals surface area contributed by atoms with E-state index < -0.39 is 0 Å². The third-order valence-corrected chi connectivity index (χ3v) is 4.88. The Morgan fingerprint density at radius 2 is 2.25 bits per heavy atom. The minimum atomic E-state index is 0.221. The predicted molar refractivity (Wildman–Crippen MR) is 84.1 cm³/mol. The van der Waals surface area contributed by atoms with Gasteiger partial charge in [0.05, 0.1) is 6.10 Å². The van der Waals surface area contributed by atoms with E-state index in [0.717, 1.165) is 30.1 Å². The van der Waals surface area contributed by atoms with Gasteiger partial charge in [0.25, 0.3) is 0 Å². The average Bonchev–Trinajstić information content (AvgIpc) is 2.45. The maximum atomic E-state index is 6.25. The highest BCUT2D eigenvalue weighted by atomic mass is 35.5. The van der Waals surface area contributed by atoms with Crippen LogP contribution < -0.4 is 5.73 Å². The largest absolute Gasteiger partial charge is 0.380 e. The Morgan fingerprint density at radius 3 is 2.85 bits per heavy atom. The van der Waals surface area contributed by atoms with E-state index in [0.29, 0.717) is 18.6 Å². The number of likely N-dealkylation sites (tertiary alicyclic amines) is 1. The van der Waals surface area contributed by atoms with Gasteiger partial charge < -0.3 is 10.5 Å². The van der Waals surface area contributed by atoms with Crippen LogP contribution in [0.5, 0.6) is 0 Å². The predicted octanol–water partition coefficient (Wildman–Crippen LogP) is 3.01. The topological polar surface area (TPSA) is 38.5 Å². The van der Waals surface area contributed by atoms with Gasteiger partial charge in [-0.25, -0.2) is 0 Å². The minimum absolute atomic E-state index is 0.221. The van der Waals surface area contributed by atoms with Crippen molar-refractivity contribution < 1.29 is 4.74 Å². The van der Waals surface area contributed by atoms with Crippen molar-refractivity contribution in [2.75, 3.05) is 26.7 Å². The van der Waals surface area contributed by atoms with Crippen molar-refractivity contribution in [2.45, 2.75) is 32.4 Å². The smallest absolute Gasteiger partial charge is 0.0724 e. The second kappa shape index (κ2) is 6.90. The van der Waals surface area contributed by atoms with Gasteiger partial charge >= 0.3 is 0 Å². The van der Waals surface area contributed by atoms with Crippen molar-refractivity contribution in [3.63, 3.8) is 0 Å². The minimum Gasteiger partial charge on any atom is -0.380 e. The first-order chi connectivity index (χ1) is 9.56. The van der Waals surface area contributed by atoms with E-state index in [2.05, 4.69) is 24.0 Å². The quantitative estimate of drug-likeness (QED) is 0.928. The summed E-state index contributed by atoms with van der Waals surface area (Å²) in [4.78, 5) is 2.43. The zero-order valence-corrected chi connectivity index (χ0v) is 13.4. The molecule has 4 heteroatoms. The average molecular weight is 297 g/mol. The SMILES string of the molecule is COC1CN(C(CN)c2ccc(C)c(Cl)c2)CCC1C. The lowest BCUT2D eigenvalue weighted by Gasteiger charge is -2.40. The molecule has 1 aliphatic rings. The van der Waals surface area contributed by atoms with E-state index in [1.54, 1.807) is 7.11 Å². The number of nitrogens with zero attached hydrogens (tertiary/aromatic N) is 1. The number of rotatable bonds is 4. The second-order valence-corrected chi connectivity index (χ2v) is 6.20. The van der Waals surface area contributed by atoms with Crippen molar-refractivity contribution in [2.24, 2.45) is 11.7 Å². The number of hydrogen-bond donors (Lipinski definition) is 1. The summed E-state index contributed by atoms with van der Waals surface area (Å²) in [5.74, 6) is 0.608. The first-order valence-corrected chi connectivity index (χ1v) is 7.67. The molecule has 1 aromatic carbocycles. The van der Waals surface area contributed by atoms with Crippen molar-refractivity contribution in [1.29, 1.82) is 0 Å². The van der Waals surface area contributed by atoms with E-state index in [1.807, 2.05) is 13.0 Å². The normalized spacial score (nSPS) is 25.6. The number of aryl methyl sites for hydroxylation is 1. The van der Waals surface area contributed by atoms with Gasteiger partial charge in [-0.15, -0.1) is 0 Å². The molecule has 112 valence electrons. The van der Waals surface area contributed by atoms with Gasteiger partial charge in [0.2, 0.25) is 0 Å². The van der Waals surface area contributed by atoms with Crippen LogP contribution in [-0.2, 0) is 4.74 Å². The molecule has 1 fully saturated rings. The van der Waals surface area contributed by atoms with E-state index in [-0.39, 0.29) is 6.04 Å². The van der Waals surface area contributed by atoms with Gasteiger partial charge in [-0.2, -0.15) is 0 Å². The lowest BCUT2D eigenvalue weighted by atomic mass is 9.93. The summed E-state index contributed by atoms with van der Waals surface area (Å²) in [6.07, 6.45) is 1.44. The van der Waals surface area contributed by atoms with Gasteiger partial charge in [0.15, 0.2) is 0 Å². The first-order valence-electron chi connectivity index (χ1n) is 7.29. The molecule has 0 amide bonds. The Bertz CT molecular complexity index is 452. The highest BCUT2D eigenvalue weighted by molar-refractivity contribution is 6.31. The zero-order valence-electron chi connectivity index (χ0n) is 12.6. The molecule has 1 aromatic rings. The molecule has 0 saturated carbocycles. The molecule has 2 N–H and O–H groups in total. The zero-order chi connectivity index (χ0) is 14.7. The van der Waals surface area contributed by atoms with Crippen LogP contribution in [0.4, 0.5) is 0 Å². The fourth-order valence-electron chi connectivity index (χ4n) is 2.96. The molecular formula is C16H25ClN2O. The molecule has 3 nitrogen and oxygen atoms in total. The maximum Gasteiger partial charge on any atom is 0.0724 e. The van der Waals surface area contributed by atoms with Crippen LogP contribution in [0.15, 0.2) is 18.2 Å². The lowest BCUT2D eigenvalue weighted by Crippen LogP contribution is -2.47. The van der Waals surface area contributed by atoms with E-state index in [1.165, 1.54) is 5.56 Å². The standard InChI is InChI=1S/C16H25ClN2O/c1-11-4-5-13(8-14(11)17)15(9-18)19-7-6-12(2)16(10-19)20-3/h4-5,8,12,15-16H,6-7,9-10,18H2,1-3H3. The summed E-state index contributed by atoms with van der Waals surface area (Å²) < 4.78 is 5.60. The molecule has 0 radical (unpaired) electrons. The van der Waals surface area contributed by atoms with Gasteiger partial charge in [0, 0.05) is 31.3 Å². The molecule has 0 aromatic heterocycles. The third-order valence-electron chi connectivity index (χ3n) is 4.47. The summed E-state index contributed by atoms with van der Waals surface area (Å²) in [6.45, 7) is 6.88. The van der Waals surface area contributed by atoms with Gasteiger partial charge in [-0.1, -0.05) is 30.7 Å². The Morgan fingerprint density at radius 1 is 1.50 bits per heavy atom. The van der Waals surface area contributed by atoms with E-state index >= 15 is 0 Å². The molecule has 3 atom stereocenters. The van der Waals surface area contributed by atoms with Gasteiger partial charge in [-0.3, -0.25) is 4.90 Å². The fraction of sp³-hybridized carbons (Fsp3) is 0.625. The first kappa shape index (κ1) is 15.8. The summed E-state index contributed by atoms with van der Waals surface area (Å²) in [7, 11) is 1.80. The number of ether oxygens (including phenoxy) is 1. The number of nitrogens with two attached hydrogens (primary N) is 1. The molecule has 1 saturated heterocycles. The van der Waals surface area contributed by atoms with Crippen LogP contribution in [-0.4, -0.2) is 37.7 Å².